The highest BCUT2D eigenvalue weighted by molar-refractivity contribution is 5.82. The first-order valence-electron chi connectivity index (χ1n) is 4.37. The molecule has 0 amide bonds. The van der Waals surface area contributed by atoms with Gasteiger partial charge < -0.3 is 5.32 Å². The predicted molar refractivity (Wildman–Crippen MR) is 45.5 cm³/mol. The van der Waals surface area contributed by atoms with Gasteiger partial charge in [0.25, 0.3) is 0 Å². The van der Waals surface area contributed by atoms with Gasteiger partial charge in [0.05, 0.1) is 6.04 Å². The van der Waals surface area contributed by atoms with E-state index in [-0.39, 0.29) is 6.04 Å². The minimum Gasteiger partial charge on any atom is -0.305 e. The van der Waals surface area contributed by atoms with Crippen molar-refractivity contribution in [3.05, 3.63) is 0 Å². The minimum atomic E-state index is 0.134. The van der Waals surface area contributed by atoms with E-state index in [0.29, 0.717) is 17.7 Å². The maximum absolute atomic E-state index is 11.1. The summed E-state index contributed by atoms with van der Waals surface area (Å²) in [6.07, 6.45) is 2.45. The van der Waals surface area contributed by atoms with Crippen LogP contribution in [0.4, 0.5) is 0 Å². The van der Waals surface area contributed by atoms with Crippen LogP contribution in [0.25, 0.3) is 0 Å². The topological polar surface area (TPSA) is 29.1 Å². The molecule has 1 fully saturated rings. The third kappa shape index (κ3) is 2.62. The van der Waals surface area contributed by atoms with Crippen molar-refractivity contribution in [2.75, 3.05) is 0 Å². The Balaban J connectivity index is 2.38. The van der Waals surface area contributed by atoms with Gasteiger partial charge in [-0.25, -0.2) is 0 Å². The average molecular weight is 155 g/mol. The van der Waals surface area contributed by atoms with Crippen molar-refractivity contribution < 1.29 is 4.79 Å². The van der Waals surface area contributed by atoms with E-state index in [0.717, 1.165) is 0 Å². The number of carbonyl (C=O) groups is 1. The largest absolute Gasteiger partial charge is 0.305 e. The fraction of sp³-hybridized carbons (Fsp3) is 0.889. The third-order valence-electron chi connectivity index (χ3n) is 2.04. The van der Waals surface area contributed by atoms with Crippen molar-refractivity contribution in [2.24, 2.45) is 5.92 Å². The summed E-state index contributed by atoms with van der Waals surface area (Å²) in [6, 6.07) is 0.555. The quantitative estimate of drug-likeness (QED) is 0.664. The lowest BCUT2D eigenvalue weighted by molar-refractivity contribution is -0.119. The maximum Gasteiger partial charge on any atom is 0.146 e. The first-order chi connectivity index (χ1) is 5.11. The number of hydrogen-bond acceptors (Lipinski definition) is 2. The van der Waals surface area contributed by atoms with E-state index in [1.54, 1.807) is 6.92 Å². The summed E-state index contributed by atoms with van der Waals surface area (Å²) in [4.78, 5) is 11.1. The normalized spacial score (nSPS) is 20.4. The van der Waals surface area contributed by atoms with Crippen LogP contribution in [-0.2, 0) is 4.79 Å². The Morgan fingerprint density at radius 1 is 1.45 bits per heavy atom. The van der Waals surface area contributed by atoms with Gasteiger partial charge in [-0.15, -0.1) is 0 Å². The highest BCUT2D eigenvalue weighted by Gasteiger charge is 2.33. The molecule has 0 spiro atoms. The molecule has 11 heavy (non-hydrogen) atoms. The van der Waals surface area contributed by atoms with E-state index in [9.17, 15) is 4.79 Å². The van der Waals surface area contributed by atoms with E-state index >= 15 is 0 Å². The molecule has 0 aromatic heterocycles. The van der Waals surface area contributed by atoms with E-state index < -0.39 is 0 Å². The van der Waals surface area contributed by atoms with Gasteiger partial charge in [-0.05, 0) is 25.7 Å². The summed E-state index contributed by atoms with van der Waals surface area (Å²) in [5.74, 6) is 0.927. The van der Waals surface area contributed by atoms with Gasteiger partial charge in [-0.3, -0.25) is 4.79 Å². The van der Waals surface area contributed by atoms with Gasteiger partial charge in [0.1, 0.15) is 5.78 Å². The molecule has 0 bridgehead atoms. The second-order valence-corrected chi connectivity index (χ2v) is 3.75. The molecule has 64 valence electrons. The molecule has 0 saturated heterocycles. The van der Waals surface area contributed by atoms with Gasteiger partial charge in [0.15, 0.2) is 0 Å². The van der Waals surface area contributed by atoms with Crippen LogP contribution >= 0.6 is 0 Å². The van der Waals surface area contributed by atoms with Gasteiger partial charge in [-0.2, -0.15) is 0 Å². The Morgan fingerprint density at radius 3 is 2.27 bits per heavy atom. The number of rotatable bonds is 4. The van der Waals surface area contributed by atoms with E-state index in [2.05, 4.69) is 19.2 Å². The monoisotopic (exact) mass is 155 g/mol. The first-order valence-corrected chi connectivity index (χ1v) is 4.37. The van der Waals surface area contributed by atoms with Crippen LogP contribution in [0.3, 0.4) is 0 Å². The van der Waals surface area contributed by atoms with E-state index in [1.165, 1.54) is 12.8 Å². The number of carbonyl (C=O) groups excluding carboxylic acids is 1. The molecule has 1 atom stereocenters. The van der Waals surface area contributed by atoms with E-state index in [1.807, 2.05) is 0 Å². The molecule has 1 aliphatic carbocycles. The molecule has 1 aliphatic rings. The van der Waals surface area contributed by atoms with Crippen LogP contribution in [0.2, 0.25) is 0 Å². The van der Waals surface area contributed by atoms with Gasteiger partial charge in [0, 0.05) is 6.04 Å². The molecular weight excluding hydrogens is 138 g/mol. The fourth-order valence-corrected chi connectivity index (χ4v) is 1.37. The summed E-state index contributed by atoms with van der Waals surface area (Å²) in [5, 5.41) is 3.29. The molecule has 1 N–H and O–H groups in total. The van der Waals surface area contributed by atoms with Crippen molar-refractivity contribution in [2.45, 2.75) is 45.7 Å². The summed E-state index contributed by atoms with van der Waals surface area (Å²) in [7, 11) is 0. The number of nitrogens with one attached hydrogen (secondary N) is 1. The highest BCUT2D eigenvalue weighted by Crippen LogP contribution is 2.33. The molecule has 0 radical (unpaired) electrons. The Bertz CT molecular complexity index is 150. The zero-order chi connectivity index (χ0) is 8.43. The summed E-state index contributed by atoms with van der Waals surface area (Å²) >= 11 is 0. The maximum atomic E-state index is 11.1. The smallest absolute Gasteiger partial charge is 0.146 e. The number of ketones is 1. The van der Waals surface area contributed by atoms with E-state index in [4.69, 9.17) is 0 Å². The molecule has 0 heterocycles. The summed E-state index contributed by atoms with van der Waals surface area (Å²) in [6.45, 7) is 5.84. The Morgan fingerprint density at radius 2 is 2.00 bits per heavy atom. The zero-order valence-corrected chi connectivity index (χ0v) is 7.55. The highest BCUT2D eigenvalue weighted by atomic mass is 16.1. The van der Waals surface area contributed by atoms with Crippen LogP contribution in [0, 0.1) is 5.92 Å². The molecule has 2 nitrogen and oxygen atoms in total. The van der Waals surface area contributed by atoms with Crippen LogP contribution in [-0.4, -0.2) is 17.9 Å². The molecule has 1 unspecified atom stereocenters. The Kier molecular flexibility index (Phi) is 2.66. The van der Waals surface area contributed by atoms with Crippen molar-refractivity contribution in [1.82, 2.24) is 5.32 Å². The van der Waals surface area contributed by atoms with Gasteiger partial charge in [0.2, 0.25) is 0 Å². The lowest BCUT2D eigenvalue weighted by Crippen LogP contribution is -2.41. The number of Topliss-reactive ketones (excluding diaryl/α,β-unsaturated/α-hetero) is 1. The summed E-state index contributed by atoms with van der Waals surface area (Å²) < 4.78 is 0. The number of hydrogen-bond donors (Lipinski definition) is 1. The van der Waals surface area contributed by atoms with Gasteiger partial charge >= 0.3 is 0 Å². The van der Waals surface area contributed by atoms with Crippen LogP contribution in [0.15, 0.2) is 0 Å². The van der Waals surface area contributed by atoms with Crippen LogP contribution in [0.1, 0.15) is 33.6 Å². The molecule has 0 aliphatic heterocycles. The average Bonchev–Trinajstić information content (AvgIpc) is 2.63. The van der Waals surface area contributed by atoms with Crippen molar-refractivity contribution in [1.29, 1.82) is 0 Å². The predicted octanol–water partition coefficient (Wildman–Crippen LogP) is 1.35. The Labute approximate surface area is 68.4 Å². The lowest BCUT2D eigenvalue weighted by atomic mass is 10.1. The summed E-state index contributed by atoms with van der Waals surface area (Å²) in [5.41, 5.74) is 0. The van der Waals surface area contributed by atoms with Crippen molar-refractivity contribution in [3.8, 4) is 0 Å². The van der Waals surface area contributed by atoms with Gasteiger partial charge in [-0.1, -0.05) is 13.8 Å². The van der Waals surface area contributed by atoms with Crippen molar-refractivity contribution in [3.63, 3.8) is 0 Å². The van der Waals surface area contributed by atoms with Crippen LogP contribution in [0.5, 0.6) is 0 Å². The molecular formula is C9H17NO. The second-order valence-electron chi connectivity index (χ2n) is 3.75. The lowest BCUT2D eigenvalue weighted by Gasteiger charge is -2.17. The van der Waals surface area contributed by atoms with Crippen LogP contribution < -0.4 is 5.32 Å². The zero-order valence-electron chi connectivity index (χ0n) is 7.55. The SMILES string of the molecule is CC(=O)C(NC(C)C)C1CC1. The first kappa shape index (κ1) is 8.72. The molecule has 0 aromatic carbocycles. The molecule has 2 heteroatoms. The standard InChI is InChI=1S/C9H17NO/c1-6(2)10-9(7(3)11)8-4-5-8/h6,8-10H,4-5H2,1-3H3. The molecule has 1 saturated carbocycles. The van der Waals surface area contributed by atoms with Crippen molar-refractivity contribution >= 4 is 5.78 Å². The Hall–Kier alpha value is -0.370. The second kappa shape index (κ2) is 3.35. The third-order valence-corrected chi connectivity index (χ3v) is 2.04. The molecule has 0 aromatic rings. The minimum absolute atomic E-state index is 0.134. The fourth-order valence-electron chi connectivity index (χ4n) is 1.37. The molecule has 1 rings (SSSR count).